The second-order valence-electron chi connectivity index (χ2n) is 5.79. The standard InChI is InChI=1S/C20H12O6S2/c21-19-14-9-4-5-10-15(14)20(22)18-16(19)11-6-12-17(18)25-28(24)26-27(23)13-7-2-1-3-8-13/h1-12H. The highest BCUT2D eigenvalue weighted by Gasteiger charge is 2.32. The van der Waals surface area contributed by atoms with Gasteiger partial charge >= 0.3 is 11.4 Å². The first kappa shape index (κ1) is 18.4. The molecule has 1 aliphatic rings. The van der Waals surface area contributed by atoms with Crippen molar-refractivity contribution in [2.45, 2.75) is 4.90 Å². The fourth-order valence-corrected chi connectivity index (χ4v) is 4.39. The summed E-state index contributed by atoms with van der Waals surface area (Å²) in [5.41, 5.74) is 0.714. The number of fused-ring (bicyclic) bond motifs is 2. The van der Waals surface area contributed by atoms with Crippen LogP contribution in [0.4, 0.5) is 0 Å². The Bertz CT molecular complexity index is 1140. The number of rotatable bonds is 5. The van der Waals surface area contributed by atoms with Crippen LogP contribution in [0, 0.1) is 0 Å². The van der Waals surface area contributed by atoms with Crippen molar-refractivity contribution in [2.75, 3.05) is 0 Å². The lowest BCUT2D eigenvalue weighted by molar-refractivity contribution is 0.0977. The van der Waals surface area contributed by atoms with Gasteiger partial charge in [-0.3, -0.25) is 9.59 Å². The van der Waals surface area contributed by atoms with Gasteiger partial charge in [0.25, 0.3) is 0 Å². The summed E-state index contributed by atoms with van der Waals surface area (Å²) in [6, 6.07) is 19.1. The summed E-state index contributed by atoms with van der Waals surface area (Å²) in [5.74, 6) is -0.814. The third kappa shape index (κ3) is 3.33. The summed E-state index contributed by atoms with van der Waals surface area (Å²) < 4.78 is 34.4. The number of ketones is 2. The average molecular weight is 412 g/mol. The number of hydrogen-bond donors (Lipinski definition) is 0. The lowest BCUT2D eigenvalue weighted by atomic mass is 9.84. The van der Waals surface area contributed by atoms with Crippen molar-refractivity contribution in [3.05, 3.63) is 95.1 Å². The van der Waals surface area contributed by atoms with Crippen LogP contribution in [0.3, 0.4) is 0 Å². The van der Waals surface area contributed by atoms with Crippen LogP contribution in [0.25, 0.3) is 0 Å². The van der Waals surface area contributed by atoms with Gasteiger partial charge in [-0.15, -0.1) is 0 Å². The summed E-state index contributed by atoms with van der Waals surface area (Å²) in [6.45, 7) is 0. The molecule has 0 radical (unpaired) electrons. The van der Waals surface area contributed by atoms with Gasteiger partial charge in [0, 0.05) is 16.7 Å². The largest absolute Gasteiger partial charge is 0.378 e. The van der Waals surface area contributed by atoms with Gasteiger partial charge in [0.1, 0.15) is 0 Å². The Balaban J connectivity index is 1.62. The van der Waals surface area contributed by atoms with Gasteiger partial charge in [0.05, 0.1) is 10.5 Å². The van der Waals surface area contributed by atoms with Crippen molar-refractivity contribution in [3.8, 4) is 5.75 Å². The molecule has 0 bridgehead atoms. The van der Waals surface area contributed by atoms with Crippen molar-refractivity contribution in [3.63, 3.8) is 0 Å². The van der Waals surface area contributed by atoms with Crippen LogP contribution in [-0.2, 0) is 26.1 Å². The highest BCUT2D eigenvalue weighted by Crippen LogP contribution is 2.33. The predicted molar refractivity (Wildman–Crippen MR) is 102 cm³/mol. The van der Waals surface area contributed by atoms with E-state index in [4.69, 9.17) is 7.81 Å². The summed E-state index contributed by atoms with van der Waals surface area (Å²) in [4.78, 5) is 25.9. The fraction of sp³-hybridized carbons (Fsp3) is 0. The molecule has 0 amide bonds. The number of carbonyl (C=O) groups is 2. The lowest BCUT2D eigenvalue weighted by Gasteiger charge is -2.19. The normalized spacial score (nSPS) is 14.7. The monoisotopic (exact) mass is 412 g/mol. The first-order valence-electron chi connectivity index (χ1n) is 8.13. The van der Waals surface area contributed by atoms with Crippen molar-refractivity contribution < 1.29 is 25.8 Å². The van der Waals surface area contributed by atoms with Crippen LogP contribution in [-0.4, -0.2) is 20.0 Å². The second-order valence-corrected chi connectivity index (χ2v) is 7.85. The summed E-state index contributed by atoms with van der Waals surface area (Å²) >= 11 is -4.47. The minimum atomic E-state index is -2.45. The summed E-state index contributed by atoms with van der Waals surface area (Å²) in [7, 11) is 0. The zero-order chi connectivity index (χ0) is 19.7. The Morgan fingerprint density at radius 1 is 0.643 bits per heavy atom. The SMILES string of the molecule is O=C1c2ccccc2C(=O)c2c(OS(=O)OS(=O)c3ccccc3)cccc21. The van der Waals surface area contributed by atoms with Gasteiger partial charge < -0.3 is 4.18 Å². The zero-order valence-corrected chi connectivity index (χ0v) is 15.8. The van der Waals surface area contributed by atoms with E-state index in [0.717, 1.165) is 0 Å². The molecule has 0 aromatic heterocycles. The molecule has 3 aromatic rings. The van der Waals surface area contributed by atoms with Gasteiger partial charge in [-0.05, 0) is 18.2 Å². The molecule has 3 aromatic carbocycles. The molecule has 0 fully saturated rings. The molecular weight excluding hydrogens is 400 g/mol. The van der Waals surface area contributed by atoms with Crippen molar-refractivity contribution >= 4 is 34.0 Å². The average Bonchev–Trinajstić information content (AvgIpc) is 2.72. The Labute approximate surface area is 165 Å². The smallest absolute Gasteiger partial charge is 0.374 e. The van der Waals surface area contributed by atoms with Crippen LogP contribution >= 0.6 is 0 Å². The van der Waals surface area contributed by atoms with E-state index >= 15 is 0 Å². The molecule has 0 N–H and O–H groups in total. The van der Waals surface area contributed by atoms with Crippen LogP contribution in [0.2, 0.25) is 0 Å². The van der Waals surface area contributed by atoms with Crippen molar-refractivity contribution in [1.29, 1.82) is 0 Å². The molecule has 6 nitrogen and oxygen atoms in total. The molecule has 1 aliphatic carbocycles. The maximum Gasteiger partial charge on any atom is 0.374 e. The van der Waals surface area contributed by atoms with Gasteiger partial charge in [-0.25, -0.2) is 4.21 Å². The van der Waals surface area contributed by atoms with Gasteiger partial charge in [-0.2, -0.15) is 7.84 Å². The topological polar surface area (TPSA) is 86.7 Å². The van der Waals surface area contributed by atoms with Crippen LogP contribution < -0.4 is 4.18 Å². The molecule has 8 heteroatoms. The first-order valence-corrected chi connectivity index (χ1v) is 10.2. The number of benzene rings is 3. The summed E-state index contributed by atoms with van der Waals surface area (Å²) in [5, 5.41) is 0. The second kappa shape index (κ2) is 7.59. The van der Waals surface area contributed by atoms with Gasteiger partial charge in [-0.1, -0.05) is 54.6 Å². The highest BCUT2D eigenvalue weighted by molar-refractivity contribution is 7.91. The molecule has 0 saturated carbocycles. The molecule has 4 rings (SSSR count). The molecule has 0 spiro atoms. The minimum absolute atomic E-state index is 0.00800. The summed E-state index contributed by atoms with van der Waals surface area (Å²) in [6.07, 6.45) is 0. The molecule has 2 atom stereocenters. The van der Waals surface area contributed by atoms with E-state index in [2.05, 4.69) is 0 Å². The van der Waals surface area contributed by atoms with E-state index in [1.165, 1.54) is 18.2 Å². The quantitative estimate of drug-likeness (QED) is 0.500. The van der Waals surface area contributed by atoms with E-state index in [9.17, 15) is 18.0 Å². The van der Waals surface area contributed by atoms with Crippen molar-refractivity contribution in [1.82, 2.24) is 0 Å². The zero-order valence-electron chi connectivity index (χ0n) is 14.2. The minimum Gasteiger partial charge on any atom is -0.378 e. The van der Waals surface area contributed by atoms with E-state index < -0.39 is 28.2 Å². The molecule has 0 saturated heterocycles. The molecule has 28 heavy (non-hydrogen) atoms. The number of carbonyl (C=O) groups excluding carboxylic acids is 2. The fourth-order valence-electron chi connectivity index (χ4n) is 2.89. The first-order chi connectivity index (χ1) is 13.6. The molecular formula is C20H12O6S2. The number of hydrogen-bond acceptors (Lipinski definition) is 6. The highest BCUT2D eigenvalue weighted by atomic mass is 32.3. The Kier molecular flexibility index (Phi) is 4.99. The Morgan fingerprint density at radius 2 is 1.25 bits per heavy atom. The molecule has 2 unspecified atom stereocenters. The predicted octanol–water partition coefficient (Wildman–Crippen LogP) is 3.16. The Morgan fingerprint density at radius 3 is 1.96 bits per heavy atom. The lowest BCUT2D eigenvalue weighted by Crippen LogP contribution is -2.22. The maximum atomic E-state index is 12.9. The van der Waals surface area contributed by atoms with E-state index in [1.54, 1.807) is 54.6 Å². The van der Waals surface area contributed by atoms with Gasteiger partial charge in [0.2, 0.25) is 11.1 Å². The third-order valence-corrected chi connectivity index (χ3v) is 6.04. The molecule has 0 aliphatic heterocycles. The van der Waals surface area contributed by atoms with E-state index in [1.807, 2.05) is 0 Å². The van der Waals surface area contributed by atoms with Crippen LogP contribution in [0.15, 0.2) is 77.7 Å². The van der Waals surface area contributed by atoms with Crippen LogP contribution in [0.5, 0.6) is 5.75 Å². The van der Waals surface area contributed by atoms with Gasteiger partial charge in [0.15, 0.2) is 17.3 Å². The van der Waals surface area contributed by atoms with Crippen molar-refractivity contribution in [2.24, 2.45) is 0 Å². The Hall–Kier alpha value is -2.94. The van der Waals surface area contributed by atoms with Crippen LogP contribution in [0.1, 0.15) is 31.8 Å². The molecule has 0 heterocycles. The maximum absolute atomic E-state index is 12.9. The van der Waals surface area contributed by atoms with E-state index in [0.29, 0.717) is 10.5 Å². The van der Waals surface area contributed by atoms with E-state index in [-0.39, 0.29) is 28.2 Å². The molecule has 140 valence electrons. The third-order valence-electron chi connectivity index (χ3n) is 4.13.